The first-order valence-electron chi connectivity index (χ1n) is 6.23. The van der Waals surface area contributed by atoms with E-state index in [4.69, 9.17) is 5.26 Å². The van der Waals surface area contributed by atoms with Crippen LogP contribution in [0.4, 0.5) is 0 Å². The molecule has 0 fully saturated rings. The number of sulfonamides is 1. The van der Waals surface area contributed by atoms with Crippen LogP contribution in [0, 0.1) is 11.3 Å². The minimum absolute atomic E-state index is 0.0152. The summed E-state index contributed by atoms with van der Waals surface area (Å²) < 4.78 is 26.8. The number of nitriles is 1. The Morgan fingerprint density at radius 3 is 2.36 bits per heavy atom. The molecule has 2 rings (SSSR count). The lowest BCUT2D eigenvalue weighted by Crippen LogP contribution is -2.24. The van der Waals surface area contributed by atoms with Crippen LogP contribution in [-0.4, -0.2) is 14.4 Å². The van der Waals surface area contributed by atoms with Crippen molar-refractivity contribution in [2.75, 3.05) is 0 Å². The van der Waals surface area contributed by atoms with E-state index in [0.29, 0.717) is 5.56 Å². The Balaban J connectivity index is 2.16. The molecule has 0 radical (unpaired) electrons. The summed E-state index contributed by atoms with van der Waals surface area (Å²) in [5.74, 6) is -1.30. The Morgan fingerprint density at radius 1 is 1.14 bits per heavy atom. The third-order valence-electron chi connectivity index (χ3n) is 2.95. The zero-order valence-electron chi connectivity index (χ0n) is 11.3. The summed E-state index contributed by atoms with van der Waals surface area (Å²) in [6.07, 6.45) is 0. The Morgan fingerprint density at radius 2 is 1.77 bits per heavy atom. The van der Waals surface area contributed by atoms with Gasteiger partial charge < -0.3 is 9.90 Å². The van der Waals surface area contributed by atoms with E-state index in [-0.39, 0.29) is 22.6 Å². The lowest BCUT2D eigenvalue weighted by molar-refractivity contribution is -0.255. The predicted molar refractivity (Wildman–Crippen MR) is 76.0 cm³/mol. The second-order valence-electron chi connectivity index (χ2n) is 4.42. The predicted octanol–water partition coefficient (Wildman–Crippen LogP) is 0.400. The minimum Gasteiger partial charge on any atom is -0.545 e. The molecule has 7 heteroatoms. The lowest BCUT2D eigenvalue weighted by atomic mass is 10.1. The molecule has 0 atom stereocenters. The molecule has 0 saturated carbocycles. The fraction of sp³-hybridized carbons (Fsp3) is 0.0667. The average molecular weight is 315 g/mol. The molecule has 2 aromatic carbocycles. The molecule has 112 valence electrons. The zero-order chi connectivity index (χ0) is 16.2. The van der Waals surface area contributed by atoms with Crippen LogP contribution in [-0.2, 0) is 16.6 Å². The third-order valence-corrected chi connectivity index (χ3v) is 4.41. The standard InChI is InChI=1S/C15H12N2O4S/c16-9-13-3-1-2-4-14(13)22(20,21)17-10-11-5-7-12(8-6-11)15(18)19/h1-8,17H,10H2,(H,18,19)/p-1. The van der Waals surface area contributed by atoms with E-state index in [1.165, 1.54) is 42.5 Å². The Hall–Kier alpha value is -2.69. The Labute approximate surface area is 127 Å². The van der Waals surface area contributed by atoms with Crippen LogP contribution in [0.15, 0.2) is 53.4 Å². The van der Waals surface area contributed by atoms with Crippen molar-refractivity contribution in [2.45, 2.75) is 11.4 Å². The molecule has 22 heavy (non-hydrogen) atoms. The first-order chi connectivity index (χ1) is 10.4. The van der Waals surface area contributed by atoms with Crippen LogP contribution >= 0.6 is 0 Å². The second kappa shape index (κ2) is 6.39. The van der Waals surface area contributed by atoms with Crippen molar-refractivity contribution in [1.29, 1.82) is 5.26 Å². The molecule has 1 N–H and O–H groups in total. The van der Waals surface area contributed by atoms with Gasteiger partial charge in [-0.25, -0.2) is 13.1 Å². The van der Waals surface area contributed by atoms with Gasteiger partial charge in [-0.3, -0.25) is 0 Å². The molecule has 0 heterocycles. The van der Waals surface area contributed by atoms with Crippen molar-refractivity contribution >= 4 is 16.0 Å². The van der Waals surface area contributed by atoms with Gasteiger partial charge in [-0.1, -0.05) is 36.4 Å². The molecule has 0 spiro atoms. The number of nitrogens with one attached hydrogen (secondary N) is 1. The average Bonchev–Trinajstić information content (AvgIpc) is 2.53. The summed E-state index contributed by atoms with van der Waals surface area (Å²) in [6.45, 7) is -0.0184. The largest absolute Gasteiger partial charge is 0.545 e. The van der Waals surface area contributed by atoms with E-state index in [9.17, 15) is 18.3 Å². The van der Waals surface area contributed by atoms with Crippen molar-refractivity contribution in [3.8, 4) is 6.07 Å². The van der Waals surface area contributed by atoms with Crippen molar-refractivity contribution < 1.29 is 18.3 Å². The summed E-state index contributed by atoms with van der Waals surface area (Å²) in [7, 11) is -3.83. The molecule has 0 saturated heterocycles. The van der Waals surface area contributed by atoms with Gasteiger partial charge in [-0.2, -0.15) is 5.26 Å². The van der Waals surface area contributed by atoms with Crippen LogP contribution in [0.1, 0.15) is 21.5 Å². The van der Waals surface area contributed by atoms with Crippen LogP contribution in [0.2, 0.25) is 0 Å². The molecular formula is C15H11N2O4S-. The number of hydrogen-bond acceptors (Lipinski definition) is 5. The highest BCUT2D eigenvalue weighted by atomic mass is 32.2. The molecule has 0 aliphatic carbocycles. The van der Waals surface area contributed by atoms with E-state index < -0.39 is 16.0 Å². The Bertz CT molecular complexity index is 837. The van der Waals surface area contributed by atoms with Crippen LogP contribution in [0.3, 0.4) is 0 Å². The molecule has 2 aromatic rings. The number of carboxylic acids is 1. The monoisotopic (exact) mass is 315 g/mol. The number of hydrogen-bond donors (Lipinski definition) is 1. The Kier molecular flexibility index (Phi) is 4.56. The van der Waals surface area contributed by atoms with Crippen LogP contribution < -0.4 is 9.83 Å². The van der Waals surface area contributed by atoms with Gasteiger partial charge in [0.05, 0.1) is 16.4 Å². The summed E-state index contributed by atoms with van der Waals surface area (Å²) in [5.41, 5.74) is 0.659. The summed E-state index contributed by atoms with van der Waals surface area (Å²) >= 11 is 0. The minimum atomic E-state index is -3.83. The maximum absolute atomic E-state index is 12.2. The van der Waals surface area contributed by atoms with Gasteiger partial charge in [0.25, 0.3) is 0 Å². The maximum atomic E-state index is 12.2. The lowest BCUT2D eigenvalue weighted by Gasteiger charge is -2.09. The summed E-state index contributed by atoms with van der Waals surface area (Å²) in [5, 5.41) is 19.6. The number of nitrogens with zero attached hydrogens (tertiary/aromatic N) is 1. The topological polar surface area (TPSA) is 110 Å². The first kappa shape index (κ1) is 15.7. The summed E-state index contributed by atoms with van der Waals surface area (Å²) in [4.78, 5) is 10.5. The summed E-state index contributed by atoms with van der Waals surface area (Å²) in [6, 6.07) is 13.4. The first-order valence-corrected chi connectivity index (χ1v) is 7.71. The zero-order valence-corrected chi connectivity index (χ0v) is 12.1. The smallest absolute Gasteiger partial charge is 0.242 e. The van der Waals surface area contributed by atoms with Crippen molar-refractivity contribution in [1.82, 2.24) is 4.72 Å². The SMILES string of the molecule is N#Cc1ccccc1S(=O)(=O)NCc1ccc(C(=O)[O-])cc1. The van der Waals surface area contributed by atoms with Gasteiger partial charge in [-0.15, -0.1) is 0 Å². The van der Waals surface area contributed by atoms with E-state index in [2.05, 4.69) is 4.72 Å². The highest BCUT2D eigenvalue weighted by molar-refractivity contribution is 7.89. The number of carbonyl (C=O) groups excluding carboxylic acids is 1. The number of benzene rings is 2. The molecular weight excluding hydrogens is 304 g/mol. The molecule has 6 nitrogen and oxygen atoms in total. The molecule has 0 bridgehead atoms. The normalized spacial score (nSPS) is 10.9. The van der Waals surface area contributed by atoms with Gasteiger partial charge in [0, 0.05) is 6.54 Å². The molecule has 0 unspecified atom stereocenters. The number of rotatable bonds is 5. The highest BCUT2D eigenvalue weighted by Crippen LogP contribution is 2.14. The molecule has 0 aliphatic rings. The van der Waals surface area contributed by atoms with E-state index in [1.54, 1.807) is 6.07 Å². The third kappa shape index (κ3) is 3.49. The second-order valence-corrected chi connectivity index (χ2v) is 6.15. The maximum Gasteiger partial charge on any atom is 0.242 e. The highest BCUT2D eigenvalue weighted by Gasteiger charge is 2.17. The van der Waals surface area contributed by atoms with E-state index in [0.717, 1.165) is 0 Å². The van der Waals surface area contributed by atoms with Crippen molar-refractivity contribution in [3.63, 3.8) is 0 Å². The fourth-order valence-electron chi connectivity index (χ4n) is 1.81. The fourth-order valence-corrected chi connectivity index (χ4v) is 2.98. The van der Waals surface area contributed by atoms with Crippen molar-refractivity contribution in [3.05, 3.63) is 65.2 Å². The van der Waals surface area contributed by atoms with Crippen molar-refractivity contribution in [2.24, 2.45) is 0 Å². The molecule has 0 amide bonds. The van der Waals surface area contributed by atoms with Gasteiger partial charge in [0.2, 0.25) is 10.0 Å². The number of carboxylic acid groups (broad SMARTS) is 1. The van der Waals surface area contributed by atoms with E-state index in [1.807, 2.05) is 6.07 Å². The molecule has 0 aliphatic heterocycles. The number of aromatic carboxylic acids is 1. The van der Waals surface area contributed by atoms with E-state index >= 15 is 0 Å². The van der Waals surface area contributed by atoms with Crippen LogP contribution in [0.5, 0.6) is 0 Å². The van der Waals surface area contributed by atoms with Gasteiger partial charge >= 0.3 is 0 Å². The number of carbonyl (C=O) groups is 1. The van der Waals surface area contributed by atoms with Gasteiger partial charge in [0.15, 0.2) is 0 Å². The van der Waals surface area contributed by atoms with Gasteiger partial charge in [-0.05, 0) is 23.3 Å². The van der Waals surface area contributed by atoms with Crippen LogP contribution in [0.25, 0.3) is 0 Å². The quantitative estimate of drug-likeness (QED) is 0.858. The molecule has 0 aromatic heterocycles. The van der Waals surface area contributed by atoms with Gasteiger partial charge in [0.1, 0.15) is 6.07 Å².